The lowest BCUT2D eigenvalue weighted by atomic mass is 10.0. The van der Waals surface area contributed by atoms with E-state index in [1.807, 2.05) is 36.4 Å². The van der Waals surface area contributed by atoms with Gasteiger partial charge in [-0.1, -0.05) is 29.8 Å². The van der Waals surface area contributed by atoms with Crippen molar-refractivity contribution >= 4 is 10.9 Å². The van der Waals surface area contributed by atoms with Crippen LogP contribution in [0.25, 0.3) is 33.4 Å². The van der Waals surface area contributed by atoms with Crippen molar-refractivity contribution in [3.8, 4) is 39.8 Å². The highest BCUT2D eigenvalue weighted by atomic mass is 16.7. The predicted octanol–water partition coefficient (Wildman–Crippen LogP) is 5.30. The molecule has 3 aromatic rings. The van der Waals surface area contributed by atoms with Crippen LogP contribution in [0.15, 0.2) is 66.9 Å². The summed E-state index contributed by atoms with van der Waals surface area (Å²) in [7, 11) is 1.66. The van der Waals surface area contributed by atoms with Crippen LogP contribution in [0.5, 0.6) is 17.2 Å². The number of hydrogen-bond donors (Lipinski definition) is 0. The molecular formula is C26H21N3O3. The van der Waals surface area contributed by atoms with Gasteiger partial charge < -0.3 is 18.8 Å². The average molecular weight is 423 g/mol. The van der Waals surface area contributed by atoms with Crippen LogP contribution in [-0.4, -0.2) is 28.7 Å². The van der Waals surface area contributed by atoms with Gasteiger partial charge in [0.25, 0.3) is 0 Å². The molecule has 0 atom stereocenters. The number of methoxy groups -OCH3 is 1. The van der Waals surface area contributed by atoms with E-state index in [1.165, 1.54) is 11.1 Å². The molecule has 6 nitrogen and oxygen atoms in total. The van der Waals surface area contributed by atoms with Crippen LogP contribution < -0.4 is 14.2 Å². The van der Waals surface area contributed by atoms with Gasteiger partial charge in [0, 0.05) is 35.3 Å². The molecule has 0 spiro atoms. The maximum atomic E-state index is 5.65. The summed E-state index contributed by atoms with van der Waals surface area (Å²) in [4.78, 5) is 0. The second-order valence-corrected chi connectivity index (χ2v) is 8.00. The molecule has 0 bridgehead atoms. The molecule has 0 unspecified atom stereocenters. The van der Waals surface area contributed by atoms with Crippen molar-refractivity contribution in [3.63, 3.8) is 0 Å². The Labute approximate surface area is 185 Å². The fourth-order valence-corrected chi connectivity index (χ4v) is 4.21. The van der Waals surface area contributed by atoms with E-state index in [-0.39, 0.29) is 6.79 Å². The number of benzene rings is 3. The van der Waals surface area contributed by atoms with Crippen LogP contribution in [0.4, 0.5) is 0 Å². The quantitative estimate of drug-likeness (QED) is 0.393. The molecule has 0 aromatic heterocycles. The smallest absolute Gasteiger partial charge is 0.231 e. The zero-order valence-corrected chi connectivity index (χ0v) is 17.8. The predicted molar refractivity (Wildman–Crippen MR) is 123 cm³/mol. The first kappa shape index (κ1) is 18.7. The van der Waals surface area contributed by atoms with E-state index < -0.39 is 0 Å². The number of nitrogens with zero attached hydrogens (tertiary/aromatic N) is 3. The molecule has 0 saturated carbocycles. The Morgan fingerprint density at radius 2 is 1.62 bits per heavy atom. The van der Waals surface area contributed by atoms with Crippen molar-refractivity contribution in [1.29, 1.82) is 0 Å². The summed E-state index contributed by atoms with van der Waals surface area (Å²) in [6.45, 7) is 3.05. The Kier molecular flexibility index (Phi) is 4.24. The minimum Gasteiger partial charge on any atom is -0.497 e. The van der Waals surface area contributed by atoms with Gasteiger partial charge in [-0.15, -0.1) is 10.2 Å². The third kappa shape index (κ3) is 3.03. The minimum absolute atomic E-state index is 0.233. The Morgan fingerprint density at radius 3 is 2.38 bits per heavy atom. The molecule has 6 heteroatoms. The molecule has 3 aliphatic heterocycles. The molecule has 3 aromatic carbocycles. The van der Waals surface area contributed by atoms with Crippen molar-refractivity contribution in [2.24, 2.45) is 0 Å². The molecule has 0 fully saturated rings. The second-order valence-electron chi connectivity index (χ2n) is 8.00. The highest BCUT2D eigenvalue weighted by Crippen LogP contribution is 2.42. The molecule has 0 radical (unpaired) electrons. The van der Waals surface area contributed by atoms with E-state index in [9.17, 15) is 0 Å². The third-order valence-corrected chi connectivity index (χ3v) is 5.94. The summed E-state index contributed by atoms with van der Waals surface area (Å²) in [6.07, 6.45) is 2.14. The number of hydrogen-bond acceptors (Lipinski definition) is 5. The fraction of sp³-hybridized carbons (Fsp3) is 0.154. The number of aryl methyl sites for hydroxylation is 1. The first-order chi connectivity index (χ1) is 15.7. The normalized spacial score (nSPS) is 12.6. The van der Waals surface area contributed by atoms with Gasteiger partial charge in [0.05, 0.1) is 12.6 Å². The van der Waals surface area contributed by atoms with Gasteiger partial charge in [0.1, 0.15) is 17.1 Å². The average Bonchev–Trinajstić information content (AvgIpc) is 3.46. The molecule has 0 N–H and O–H groups in total. The van der Waals surface area contributed by atoms with Crippen LogP contribution in [-0.2, 0) is 6.54 Å². The molecule has 32 heavy (non-hydrogen) atoms. The third-order valence-electron chi connectivity index (χ3n) is 5.94. The van der Waals surface area contributed by atoms with Crippen molar-refractivity contribution in [1.82, 2.24) is 14.8 Å². The Morgan fingerprint density at radius 1 is 0.906 bits per heavy atom. The summed E-state index contributed by atoms with van der Waals surface area (Å²) in [5.74, 6) is 2.30. The number of pyridine rings is 1. The van der Waals surface area contributed by atoms with Gasteiger partial charge in [-0.05, 0) is 42.8 Å². The first-order valence-electron chi connectivity index (χ1n) is 10.5. The SMILES string of the molecule is COc1ccc(-c2nnc3c4cc5c(cc4n(Cc4ccc(C)cc4)cc2-3)OCO5)cc1. The molecule has 3 aliphatic rings. The van der Waals surface area contributed by atoms with Crippen LogP contribution in [0.3, 0.4) is 0 Å². The minimum atomic E-state index is 0.233. The van der Waals surface area contributed by atoms with Gasteiger partial charge in [0.2, 0.25) is 6.79 Å². The standard InChI is InChI=1S/C26H21N3O3/c1-16-3-5-17(6-4-16)13-29-14-21-25(18-7-9-19(30-2)10-8-18)27-28-26(21)20-11-23-24(12-22(20)29)32-15-31-23/h3-12,14H,13,15H2,1-2H3. The molecule has 6 rings (SSSR count). The molecule has 0 aliphatic carbocycles. The van der Waals surface area contributed by atoms with Gasteiger partial charge in [0.15, 0.2) is 11.5 Å². The molecule has 0 amide bonds. The number of rotatable bonds is 4. The van der Waals surface area contributed by atoms with E-state index in [0.717, 1.165) is 57.2 Å². The maximum Gasteiger partial charge on any atom is 0.231 e. The van der Waals surface area contributed by atoms with Gasteiger partial charge in [-0.25, -0.2) is 0 Å². The maximum absolute atomic E-state index is 5.65. The number of ether oxygens (including phenoxy) is 3. The van der Waals surface area contributed by atoms with Gasteiger partial charge >= 0.3 is 0 Å². The van der Waals surface area contributed by atoms with Crippen LogP contribution in [0, 0.1) is 6.92 Å². The van der Waals surface area contributed by atoms with E-state index >= 15 is 0 Å². The van der Waals surface area contributed by atoms with E-state index in [0.29, 0.717) is 0 Å². The largest absolute Gasteiger partial charge is 0.497 e. The second kappa shape index (κ2) is 7.27. The van der Waals surface area contributed by atoms with Crippen LogP contribution in [0.2, 0.25) is 0 Å². The molecular weight excluding hydrogens is 402 g/mol. The highest BCUT2D eigenvalue weighted by Gasteiger charge is 2.24. The zero-order valence-electron chi connectivity index (χ0n) is 17.8. The van der Waals surface area contributed by atoms with Crippen molar-refractivity contribution in [3.05, 3.63) is 78.0 Å². The van der Waals surface area contributed by atoms with Crippen molar-refractivity contribution < 1.29 is 14.2 Å². The number of fused-ring (bicyclic) bond motifs is 4. The summed E-state index contributed by atoms with van der Waals surface area (Å²) < 4.78 is 18.8. The lowest BCUT2D eigenvalue weighted by Crippen LogP contribution is -2.04. The lowest BCUT2D eigenvalue weighted by molar-refractivity contribution is 0.174. The monoisotopic (exact) mass is 423 g/mol. The van der Waals surface area contributed by atoms with E-state index in [1.54, 1.807) is 7.11 Å². The topological polar surface area (TPSA) is 58.4 Å². The number of aromatic nitrogens is 3. The lowest BCUT2D eigenvalue weighted by Gasteiger charge is -2.16. The Hall–Kier alpha value is -4.06. The van der Waals surface area contributed by atoms with Gasteiger partial charge in [-0.2, -0.15) is 0 Å². The molecule has 0 saturated heterocycles. The van der Waals surface area contributed by atoms with Crippen molar-refractivity contribution in [2.75, 3.05) is 13.9 Å². The van der Waals surface area contributed by atoms with Crippen molar-refractivity contribution in [2.45, 2.75) is 13.5 Å². The summed E-state index contributed by atoms with van der Waals surface area (Å²) in [5, 5.41) is 10.1. The summed E-state index contributed by atoms with van der Waals surface area (Å²) >= 11 is 0. The van der Waals surface area contributed by atoms with E-state index in [4.69, 9.17) is 14.2 Å². The molecule has 3 heterocycles. The summed E-state index contributed by atoms with van der Waals surface area (Å²) in [6, 6.07) is 20.6. The first-order valence-corrected chi connectivity index (χ1v) is 10.5. The highest BCUT2D eigenvalue weighted by molar-refractivity contribution is 5.99. The fourth-order valence-electron chi connectivity index (χ4n) is 4.21. The van der Waals surface area contributed by atoms with Gasteiger partial charge in [-0.3, -0.25) is 0 Å². The van der Waals surface area contributed by atoms with Crippen LogP contribution >= 0.6 is 0 Å². The summed E-state index contributed by atoms with van der Waals surface area (Å²) in [5.41, 5.74) is 7.18. The molecule has 158 valence electrons. The van der Waals surface area contributed by atoms with Crippen LogP contribution in [0.1, 0.15) is 11.1 Å². The van der Waals surface area contributed by atoms with E-state index in [2.05, 4.69) is 52.2 Å². The Bertz CT molecular complexity index is 1410. The zero-order chi connectivity index (χ0) is 21.7. The Balaban J connectivity index is 1.56.